The number of carbonyl (C=O) groups excluding carboxylic acids is 1. The van der Waals surface area contributed by atoms with Crippen molar-refractivity contribution >= 4 is 5.97 Å². The molecule has 8 heavy (non-hydrogen) atoms. The fraction of sp³-hybridized carbons (Fsp3) is 0.750. The van der Waals surface area contributed by atoms with Crippen LogP contribution in [-0.2, 0) is 4.79 Å². The van der Waals surface area contributed by atoms with Crippen molar-refractivity contribution in [3.8, 4) is 0 Å². The predicted octanol–water partition coefficient (Wildman–Crippen LogP) is -4.49. The molecule has 0 heterocycles. The van der Waals surface area contributed by atoms with E-state index >= 15 is 0 Å². The average Bonchev–Trinajstić information content (AvgIpc) is 1.56. The van der Waals surface area contributed by atoms with Crippen molar-refractivity contribution < 1.29 is 50.0 Å². The first-order chi connectivity index (χ1) is 4.67. The van der Waals surface area contributed by atoms with Gasteiger partial charge in [0.2, 0.25) is 0 Å². The molecular formula is C4H7NaO3. The second-order valence-corrected chi connectivity index (χ2v) is 0.995. The summed E-state index contributed by atoms with van der Waals surface area (Å²) >= 11 is 0. The van der Waals surface area contributed by atoms with E-state index in [4.69, 9.17) is 10.6 Å². The number of aliphatic carboxylic acids is 1. The summed E-state index contributed by atoms with van der Waals surface area (Å²) < 4.78 is 26.3. The third kappa shape index (κ3) is 9.66. The molecule has 1 unspecified atom stereocenters. The Balaban J connectivity index is 0. The Morgan fingerprint density at radius 1 is 2.25 bits per heavy atom. The molecule has 0 aromatic carbocycles. The molecule has 4 heteroatoms. The number of hydrogen-bond donors (Lipinski definition) is 1. The van der Waals surface area contributed by atoms with Crippen molar-refractivity contribution in [2.45, 2.75) is 19.4 Å². The van der Waals surface area contributed by atoms with Gasteiger partial charge in [-0.1, -0.05) is 0 Å². The molecule has 0 rings (SSSR count). The molecular weight excluding hydrogens is 119 g/mol. The number of hydrogen-bond acceptors (Lipinski definition) is 3. The second-order valence-electron chi connectivity index (χ2n) is 0.995. The molecule has 0 saturated carbocycles. The Morgan fingerprint density at radius 2 is 2.75 bits per heavy atom. The molecule has 0 aliphatic carbocycles. The van der Waals surface area contributed by atoms with Crippen LogP contribution >= 0.6 is 0 Å². The Hall–Kier alpha value is 0.430. The van der Waals surface area contributed by atoms with Gasteiger partial charge in [-0.15, -0.1) is 0 Å². The van der Waals surface area contributed by atoms with E-state index in [9.17, 15) is 9.90 Å². The molecule has 0 saturated heterocycles. The SMILES string of the molecule is [2H]C([2H])([2H])C([2H])(O)CC(=O)[O-].[Na+]. The molecule has 0 aliphatic heterocycles. The Labute approximate surface area is 75.6 Å². The van der Waals surface area contributed by atoms with E-state index in [0.717, 1.165) is 0 Å². The molecule has 0 amide bonds. The van der Waals surface area contributed by atoms with Gasteiger partial charge in [0.05, 0.1) is 7.45 Å². The van der Waals surface area contributed by atoms with Crippen LogP contribution < -0.4 is 34.7 Å². The summed E-state index contributed by atoms with van der Waals surface area (Å²) in [6.45, 7) is -3.02. The van der Waals surface area contributed by atoms with Crippen LogP contribution in [0.15, 0.2) is 0 Å². The Bertz CT molecular complexity index is 166. The van der Waals surface area contributed by atoms with Crippen LogP contribution in [0.5, 0.6) is 0 Å². The summed E-state index contributed by atoms with van der Waals surface area (Å²) in [5, 5.41) is 18.5. The summed E-state index contributed by atoms with van der Waals surface area (Å²) in [4.78, 5) is 9.82. The van der Waals surface area contributed by atoms with Gasteiger partial charge < -0.3 is 15.0 Å². The molecule has 1 N–H and O–H groups in total. The third-order valence-electron chi connectivity index (χ3n) is 0.312. The first kappa shape index (κ1) is 4.28. The minimum Gasteiger partial charge on any atom is -0.550 e. The molecule has 0 aliphatic rings. The van der Waals surface area contributed by atoms with Crippen LogP contribution in [0.1, 0.15) is 18.8 Å². The summed E-state index contributed by atoms with van der Waals surface area (Å²) in [5.41, 5.74) is 0. The van der Waals surface area contributed by atoms with Gasteiger partial charge in [-0.3, -0.25) is 0 Å². The van der Waals surface area contributed by atoms with Gasteiger partial charge in [0.25, 0.3) is 0 Å². The first-order valence-electron chi connectivity index (χ1n) is 3.59. The number of aliphatic hydroxyl groups is 1. The van der Waals surface area contributed by atoms with Gasteiger partial charge in [-0.05, 0) is 6.85 Å². The van der Waals surface area contributed by atoms with Crippen LogP contribution in [0.2, 0.25) is 0 Å². The molecule has 0 spiro atoms. The van der Waals surface area contributed by atoms with Crippen molar-refractivity contribution in [2.24, 2.45) is 0 Å². The number of carbonyl (C=O) groups is 1. The van der Waals surface area contributed by atoms with Crippen LogP contribution in [-0.4, -0.2) is 17.2 Å². The third-order valence-corrected chi connectivity index (χ3v) is 0.312. The Morgan fingerprint density at radius 3 is 2.88 bits per heavy atom. The van der Waals surface area contributed by atoms with Crippen molar-refractivity contribution in [1.29, 1.82) is 0 Å². The van der Waals surface area contributed by atoms with Crippen molar-refractivity contribution in [1.82, 2.24) is 0 Å². The number of carboxylic acids is 1. The minimum atomic E-state index is -3.02. The fourth-order valence-electron chi connectivity index (χ4n) is 0.137. The monoisotopic (exact) mass is 130 g/mol. The molecule has 0 radical (unpaired) electrons. The van der Waals surface area contributed by atoms with E-state index in [0.29, 0.717) is 0 Å². The van der Waals surface area contributed by atoms with E-state index in [1.165, 1.54) is 0 Å². The fourth-order valence-corrected chi connectivity index (χ4v) is 0.137. The molecule has 0 bridgehead atoms. The first-order valence-corrected chi connectivity index (χ1v) is 1.59. The van der Waals surface area contributed by atoms with Crippen LogP contribution in [0.25, 0.3) is 0 Å². The molecule has 0 aromatic rings. The normalized spacial score (nSPS) is 24.6. The largest absolute Gasteiger partial charge is 1.00 e. The van der Waals surface area contributed by atoms with Crippen molar-refractivity contribution in [3.05, 3.63) is 0 Å². The van der Waals surface area contributed by atoms with Gasteiger partial charge in [-0.25, -0.2) is 0 Å². The molecule has 42 valence electrons. The molecule has 1 atom stereocenters. The summed E-state index contributed by atoms with van der Waals surface area (Å²) in [5.74, 6) is -1.77. The van der Waals surface area contributed by atoms with E-state index in [1.807, 2.05) is 0 Å². The van der Waals surface area contributed by atoms with Gasteiger partial charge in [-0.2, -0.15) is 0 Å². The van der Waals surface area contributed by atoms with Gasteiger partial charge >= 0.3 is 29.6 Å². The maximum absolute atomic E-state index is 9.82. The topological polar surface area (TPSA) is 60.4 Å². The van der Waals surface area contributed by atoms with Gasteiger partial charge in [0.1, 0.15) is 0 Å². The van der Waals surface area contributed by atoms with E-state index in [1.54, 1.807) is 0 Å². The van der Waals surface area contributed by atoms with Crippen molar-refractivity contribution in [2.75, 3.05) is 0 Å². The summed E-state index contributed by atoms with van der Waals surface area (Å²) in [6.07, 6.45) is -4.17. The zero-order valence-corrected chi connectivity index (χ0v) is 6.47. The number of carboxylic acid groups (broad SMARTS) is 1. The average molecular weight is 130 g/mol. The van der Waals surface area contributed by atoms with E-state index in [-0.39, 0.29) is 29.6 Å². The maximum atomic E-state index is 9.82. The quantitative estimate of drug-likeness (QED) is 0.383. The Kier molecular flexibility index (Phi) is 2.98. The minimum absolute atomic E-state index is 0. The van der Waals surface area contributed by atoms with Crippen molar-refractivity contribution in [3.63, 3.8) is 0 Å². The summed E-state index contributed by atoms with van der Waals surface area (Å²) in [6, 6.07) is 0. The summed E-state index contributed by atoms with van der Waals surface area (Å²) in [7, 11) is 0. The molecule has 0 aromatic heterocycles. The molecule has 3 nitrogen and oxygen atoms in total. The van der Waals surface area contributed by atoms with Crippen LogP contribution in [0, 0.1) is 0 Å². The van der Waals surface area contributed by atoms with E-state index < -0.39 is 25.3 Å². The van der Waals surface area contributed by atoms with Crippen LogP contribution in [0.4, 0.5) is 0 Å². The zero-order chi connectivity index (χ0) is 9.28. The van der Waals surface area contributed by atoms with Crippen LogP contribution in [0.3, 0.4) is 0 Å². The smallest absolute Gasteiger partial charge is 0.550 e. The predicted molar refractivity (Wildman–Crippen MR) is 21.3 cm³/mol. The standard InChI is InChI=1S/C4H8O3.Na/c1-3(5)2-4(6)7;/h3,5H,2H2,1H3,(H,6,7);/q;+1/p-1/i1D3,3D;. The number of rotatable bonds is 2. The second kappa shape index (κ2) is 5.56. The maximum Gasteiger partial charge on any atom is 1.00 e. The van der Waals surface area contributed by atoms with Gasteiger partial charge in [0, 0.05) is 16.5 Å². The zero-order valence-electron chi connectivity index (χ0n) is 8.47. The van der Waals surface area contributed by atoms with E-state index in [2.05, 4.69) is 0 Å². The van der Waals surface area contributed by atoms with Gasteiger partial charge in [0.15, 0.2) is 0 Å². The molecule has 0 fully saturated rings.